The van der Waals surface area contributed by atoms with Crippen LogP contribution in [-0.4, -0.2) is 24.5 Å². The van der Waals surface area contributed by atoms with Gasteiger partial charge in [0.15, 0.2) is 0 Å². The topological polar surface area (TPSA) is 32.3 Å². The molecule has 1 atom stereocenters. The minimum atomic E-state index is 0.171. The second-order valence-electron chi connectivity index (χ2n) is 4.24. The van der Waals surface area contributed by atoms with Crippen molar-refractivity contribution in [2.75, 3.05) is 13.6 Å². The fourth-order valence-electron chi connectivity index (χ4n) is 1.26. The van der Waals surface area contributed by atoms with Crippen LogP contribution in [0.2, 0.25) is 0 Å². The van der Waals surface area contributed by atoms with Crippen molar-refractivity contribution in [3.8, 4) is 0 Å². The molecule has 1 rings (SSSR count). The molecule has 0 heterocycles. The normalized spacial score (nSPS) is 25.6. The largest absolute Gasteiger partial charge is 0.289 e. The van der Waals surface area contributed by atoms with Gasteiger partial charge in [0.1, 0.15) is 0 Å². The summed E-state index contributed by atoms with van der Waals surface area (Å²) in [5.41, 5.74) is 3.08. The van der Waals surface area contributed by atoms with E-state index < -0.39 is 0 Å². The van der Waals surface area contributed by atoms with Crippen LogP contribution in [0.15, 0.2) is 0 Å². The van der Waals surface area contributed by atoms with Gasteiger partial charge in [-0.1, -0.05) is 20.8 Å². The van der Waals surface area contributed by atoms with E-state index in [2.05, 4.69) is 19.3 Å². The third-order valence-electron chi connectivity index (χ3n) is 2.61. The first-order chi connectivity index (χ1) is 5.47. The maximum Gasteiger partial charge on any atom is 0.237 e. The van der Waals surface area contributed by atoms with Crippen molar-refractivity contribution in [1.29, 1.82) is 0 Å². The van der Waals surface area contributed by atoms with Crippen LogP contribution in [0.1, 0.15) is 27.2 Å². The Morgan fingerprint density at radius 2 is 2.17 bits per heavy atom. The minimum Gasteiger partial charge on any atom is -0.289 e. The number of nitrogens with one attached hydrogen (secondary N) is 1. The molecule has 0 aliphatic heterocycles. The molecule has 1 N–H and O–H groups in total. The lowest BCUT2D eigenvalue weighted by Gasteiger charge is -2.15. The van der Waals surface area contributed by atoms with Crippen LogP contribution in [0.3, 0.4) is 0 Å². The van der Waals surface area contributed by atoms with Crippen LogP contribution in [0.5, 0.6) is 0 Å². The molecule has 0 radical (unpaired) electrons. The lowest BCUT2D eigenvalue weighted by atomic mass is 10.1. The number of hydrazine groups is 1. The fourth-order valence-corrected chi connectivity index (χ4v) is 1.26. The molecule has 3 heteroatoms. The molecule has 0 aromatic heterocycles. The van der Waals surface area contributed by atoms with E-state index in [-0.39, 0.29) is 17.2 Å². The monoisotopic (exact) mass is 170 g/mol. The van der Waals surface area contributed by atoms with Crippen molar-refractivity contribution in [1.82, 2.24) is 10.4 Å². The van der Waals surface area contributed by atoms with Gasteiger partial charge in [-0.3, -0.25) is 10.2 Å². The molecule has 0 unspecified atom stereocenters. The molecule has 0 aromatic carbocycles. The molecule has 1 aliphatic rings. The Morgan fingerprint density at radius 3 is 2.50 bits per heavy atom. The zero-order chi connectivity index (χ0) is 9.35. The van der Waals surface area contributed by atoms with Crippen molar-refractivity contribution in [2.45, 2.75) is 27.2 Å². The lowest BCUT2D eigenvalue weighted by Crippen LogP contribution is -2.40. The molecule has 0 saturated heterocycles. The first-order valence-electron chi connectivity index (χ1n) is 4.49. The predicted molar refractivity (Wildman–Crippen MR) is 48.3 cm³/mol. The zero-order valence-corrected chi connectivity index (χ0v) is 8.35. The SMILES string of the molecule is CCN(C)NC(=O)[C@H]1CC1(C)C. The molecule has 70 valence electrons. The Labute approximate surface area is 74.1 Å². The summed E-state index contributed by atoms with van der Waals surface area (Å²) in [4.78, 5) is 11.4. The number of rotatable bonds is 3. The Hall–Kier alpha value is -0.570. The summed E-state index contributed by atoms with van der Waals surface area (Å²) in [5.74, 6) is 0.399. The van der Waals surface area contributed by atoms with Gasteiger partial charge >= 0.3 is 0 Å². The molecule has 12 heavy (non-hydrogen) atoms. The molecule has 0 aromatic rings. The summed E-state index contributed by atoms with van der Waals surface area (Å²) in [6.45, 7) is 7.11. The van der Waals surface area contributed by atoms with Crippen LogP contribution in [-0.2, 0) is 4.79 Å². The highest BCUT2D eigenvalue weighted by Crippen LogP contribution is 2.51. The Morgan fingerprint density at radius 1 is 1.67 bits per heavy atom. The summed E-state index contributed by atoms with van der Waals surface area (Å²) in [6.07, 6.45) is 1.02. The smallest absolute Gasteiger partial charge is 0.237 e. The number of nitrogens with zero attached hydrogens (tertiary/aromatic N) is 1. The van der Waals surface area contributed by atoms with Gasteiger partial charge in [-0.2, -0.15) is 0 Å². The summed E-state index contributed by atoms with van der Waals surface area (Å²) < 4.78 is 0. The Balaban J connectivity index is 2.32. The molecular weight excluding hydrogens is 152 g/mol. The molecule has 1 aliphatic carbocycles. The third kappa shape index (κ3) is 1.97. The van der Waals surface area contributed by atoms with Gasteiger partial charge in [0.2, 0.25) is 5.91 Å². The Bertz CT molecular complexity index is 189. The summed E-state index contributed by atoms with van der Waals surface area (Å²) in [6, 6.07) is 0. The van der Waals surface area contributed by atoms with Crippen LogP contribution < -0.4 is 5.43 Å². The van der Waals surface area contributed by atoms with Crippen LogP contribution >= 0.6 is 0 Å². The summed E-state index contributed by atoms with van der Waals surface area (Å²) in [5, 5.41) is 1.82. The van der Waals surface area contributed by atoms with Gasteiger partial charge in [0.25, 0.3) is 0 Å². The first-order valence-corrected chi connectivity index (χ1v) is 4.49. The van der Waals surface area contributed by atoms with E-state index >= 15 is 0 Å². The average Bonchev–Trinajstić information content (AvgIpc) is 2.59. The third-order valence-corrected chi connectivity index (χ3v) is 2.61. The van der Waals surface area contributed by atoms with E-state index in [4.69, 9.17) is 0 Å². The number of carbonyl (C=O) groups is 1. The highest BCUT2D eigenvalue weighted by molar-refractivity contribution is 5.81. The van der Waals surface area contributed by atoms with E-state index in [0.29, 0.717) is 0 Å². The number of carbonyl (C=O) groups excluding carboxylic acids is 1. The van der Waals surface area contributed by atoms with Gasteiger partial charge in [-0.05, 0) is 11.8 Å². The number of hydrogen-bond acceptors (Lipinski definition) is 2. The van der Waals surface area contributed by atoms with Gasteiger partial charge in [-0.15, -0.1) is 0 Å². The minimum absolute atomic E-state index is 0.171. The molecule has 0 spiro atoms. The van der Waals surface area contributed by atoms with Crippen molar-refractivity contribution in [3.05, 3.63) is 0 Å². The van der Waals surface area contributed by atoms with Gasteiger partial charge in [-0.25, -0.2) is 5.01 Å². The van der Waals surface area contributed by atoms with Gasteiger partial charge in [0, 0.05) is 19.5 Å². The van der Waals surface area contributed by atoms with Crippen LogP contribution in [0.4, 0.5) is 0 Å². The van der Waals surface area contributed by atoms with E-state index in [1.807, 2.05) is 19.0 Å². The van der Waals surface area contributed by atoms with Gasteiger partial charge < -0.3 is 0 Å². The van der Waals surface area contributed by atoms with Crippen molar-refractivity contribution in [2.24, 2.45) is 11.3 Å². The quantitative estimate of drug-likeness (QED) is 0.641. The molecular formula is C9H18N2O. The zero-order valence-electron chi connectivity index (χ0n) is 8.35. The first kappa shape index (κ1) is 9.52. The standard InChI is InChI=1S/C9H18N2O/c1-5-11(4)10-8(12)7-6-9(7,2)3/h7H,5-6H2,1-4H3,(H,10,12)/t7-/m1/s1. The highest BCUT2D eigenvalue weighted by Gasteiger charge is 2.50. The van der Waals surface area contributed by atoms with E-state index in [0.717, 1.165) is 13.0 Å². The number of hydrogen-bond donors (Lipinski definition) is 1. The maximum atomic E-state index is 11.4. The maximum absolute atomic E-state index is 11.4. The molecule has 0 bridgehead atoms. The molecule has 1 fully saturated rings. The molecule has 1 saturated carbocycles. The summed E-state index contributed by atoms with van der Waals surface area (Å²) in [7, 11) is 1.88. The van der Waals surface area contributed by atoms with Gasteiger partial charge in [0.05, 0.1) is 0 Å². The van der Waals surface area contributed by atoms with E-state index in [1.165, 1.54) is 0 Å². The van der Waals surface area contributed by atoms with E-state index in [1.54, 1.807) is 0 Å². The lowest BCUT2D eigenvalue weighted by molar-refractivity contribution is -0.127. The van der Waals surface area contributed by atoms with E-state index in [9.17, 15) is 4.79 Å². The number of amides is 1. The van der Waals surface area contributed by atoms with Crippen molar-refractivity contribution in [3.63, 3.8) is 0 Å². The van der Waals surface area contributed by atoms with Crippen molar-refractivity contribution < 1.29 is 4.79 Å². The molecule has 3 nitrogen and oxygen atoms in total. The van der Waals surface area contributed by atoms with Crippen LogP contribution in [0.25, 0.3) is 0 Å². The fraction of sp³-hybridized carbons (Fsp3) is 0.889. The summed E-state index contributed by atoms with van der Waals surface area (Å²) >= 11 is 0. The average molecular weight is 170 g/mol. The van der Waals surface area contributed by atoms with Crippen LogP contribution in [0, 0.1) is 11.3 Å². The van der Waals surface area contributed by atoms with Crippen molar-refractivity contribution >= 4 is 5.91 Å². The Kier molecular flexibility index (Phi) is 2.42. The second-order valence-corrected chi connectivity index (χ2v) is 4.24. The predicted octanol–water partition coefficient (Wildman–Crippen LogP) is 1.02. The second kappa shape index (κ2) is 3.05. The highest BCUT2D eigenvalue weighted by atomic mass is 16.2. The molecule has 1 amide bonds.